The van der Waals surface area contributed by atoms with Gasteiger partial charge in [-0.15, -0.1) is 0 Å². The van der Waals surface area contributed by atoms with Crippen molar-refractivity contribution in [2.45, 2.75) is 39.3 Å². The molecule has 2 nitrogen and oxygen atoms in total. The normalized spacial score (nSPS) is 10.7. The summed E-state index contributed by atoms with van der Waals surface area (Å²) in [5.74, 6) is 0. The van der Waals surface area contributed by atoms with Crippen LogP contribution < -0.4 is 4.90 Å². The first kappa shape index (κ1) is 12.1. The largest absolute Gasteiger partial charge is 0.392 e. The molecular weight excluding hydrogens is 186 g/mol. The van der Waals surface area contributed by atoms with Crippen LogP contribution in [0.25, 0.3) is 0 Å². The molecule has 2 heteroatoms. The van der Waals surface area contributed by atoms with Crippen LogP contribution in [0.1, 0.15) is 32.3 Å². The van der Waals surface area contributed by atoms with E-state index in [2.05, 4.69) is 31.9 Å². The van der Waals surface area contributed by atoms with Crippen molar-refractivity contribution in [2.75, 3.05) is 11.9 Å². The smallest absolute Gasteiger partial charge is 0.0702 e. The number of anilines is 1. The highest BCUT2D eigenvalue weighted by molar-refractivity contribution is 5.53. The van der Waals surface area contributed by atoms with Gasteiger partial charge in [-0.2, -0.15) is 0 Å². The molecule has 0 atom stereocenters. The van der Waals surface area contributed by atoms with Crippen molar-refractivity contribution in [3.05, 3.63) is 29.8 Å². The first-order chi connectivity index (χ1) is 7.24. The van der Waals surface area contributed by atoms with Crippen LogP contribution in [0.5, 0.6) is 0 Å². The lowest BCUT2D eigenvalue weighted by Crippen LogP contribution is -2.31. The van der Waals surface area contributed by atoms with E-state index in [-0.39, 0.29) is 6.61 Å². The molecule has 84 valence electrons. The van der Waals surface area contributed by atoms with Crippen LogP contribution in [0.4, 0.5) is 5.69 Å². The Bertz CT molecular complexity index is 294. The van der Waals surface area contributed by atoms with Crippen LogP contribution in [0.2, 0.25) is 0 Å². The number of para-hydroxylation sites is 1. The summed E-state index contributed by atoms with van der Waals surface area (Å²) >= 11 is 0. The van der Waals surface area contributed by atoms with Gasteiger partial charge in [-0.3, -0.25) is 0 Å². The zero-order valence-corrected chi connectivity index (χ0v) is 9.90. The maximum atomic E-state index is 9.27. The lowest BCUT2D eigenvalue weighted by Gasteiger charge is -2.30. The van der Waals surface area contributed by atoms with E-state index >= 15 is 0 Å². The molecule has 0 radical (unpaired) electrons. The van der Waals surface area contributed by atoms with E-state index in [9.17, 15) is 5.11 Å². The number of aliphatic hydroxyl groups excluding tert-OH is 1. The summed E-state index contributed by atoms with van der Waals surface area (Å²) in [4.78, 5) is 2.27. The van der Waals surface area contributed by atoms with Gasteiger partial charge in [-0.25, -0.2) is 0 Å². The molecule has 15 heavy (non-hydrogen) atoms. The zero-order chi connectivity index (χ0) is 11.3. The number of nitrogens with zero attached hydrogens (tertiary/aromatic N) is 1. The fourth-order valence-electron chi connectivity index (χ4n) is 2.02. The molecule has 0 bridgehead atoms. The molecule has 0 aliphatic carbocycles. The van der Waals surface area contributed by atoms with Gasteiger partial charge in [0.25, 0.3) is 0 Å². The van der Waals surface area contributed by atoms with Crippen LogP contribution in [0.3, 0.4) is 0 Å². The Morgan fingerprint density at radius 2 is 1.80 bits per heavy atom. The van der Waals surface area contributed by atoms with E-state index in [0.29, 0.717) is 6.04 Å². The Balaban J connectivity index is 2.93. The third-order valence-corrected chi connectivity index (χ3v) is 3.03. The van der Waals surface area contributed by atoms with Crippen molar-refractivity contribution >= 4 is 5.69 Å². The second-order valence-corrected chi connectivity index (χ2v) is 3.87. The van der Waals surface area contributed by atoms with Crippen LogP contribution >= 0.6 is 0 Å². The Hall–Kier alpha value is -1.02. The fourth-order valence-corrected chi connectivity index (χ4v) is 2.02. The number of aliphatic hydroxyl groups is 1. The predicted octanol–water partition coefficient (Wildman–Crippen LogP) is 2.80. The average molecular weight is 207 g/mol. The second kappa shape index (κ2) is 5.76. The summed E-state index contributed by atoms with van der Waals surface area (Å²) in [6, 6.07) is 8.60. The Morgan fingerprint density at radius 3 is 2.33 bits per heavy atom. The summed E-state index contributed by atoms with van der Waals surface area (Å²) in [6.45, 7) is 4.51. The van der Waals surface area contributed by atoms with Crippen LogP contribution in [-0.4, -0.2) is 18.2 Å². The first-order valence-corrected chi connectivity index (χ1v) is 5.66. The zero-order valence-electron chi connectivity index (χ0n) is 9.90. The van der Waals surface area contributed by atoms with Gasteiger partial charge < -0.3 is 10.0 Å². The van der Waals surface area contributed by atoms with Crippen molar-refractivity contribution in [2.24, 2.45) is 0 Å². The van der Waals surface area contributed by atoms with Gasteiger partial charge >= 0.3 is 0 Å². The first-order valence-electron chi connectivity index (χ1n) is 5.66. The molecule has 0 spiro atoms. The van der Waals surface area contributed by atoms with Gasteiger partial charge in [0.2, 0.25) is 0 Å². The number of hydrogen-bond donors (Lipinski definition) is 1. The van der Waals surface area contributed by atoms with Gasteiger partial charge in [-0.05, 0) is 18.9 Å². The van der Waals surface area contributed by atoms with E-state index in [1.54, 1.807) is 0 Å². The SMILES string of the molecule is CCC(CC)N(C)c1ccccc1CO. The van der Waals surface area contributed by atoms with E-state index in [1.165, 1.54) is 0 Å². The highest BCUT2D eigenvalue weighted by Crippen LogP contribution is 2.23. The molecule has 0 saturated carbocycles. The van der Waals surface area contributed by atoms with Gasteiger partial charge in [0, 0.05) is 24.3 Å². The third-order valence-electron chi connectivity index (χ3n) is 3.03. The third kappa shape index (κ3) is 2.72. The van der Waals surface area contributed by atoms with E-state index in [0.717, 1.165) is 24.1 Å². The molecule has 0 aliphatic heterocycles. The summed E-state index contributed by atoms with van der Waals surface area (Å²) in [5.41, 5.74) is 2.15. The van der Waals surface area contributed by atoms with Gasteiger partial charge in [0.15, 0.2) is 0 Å². The van der Waals surface area contributed by atoms with Crippen molar-refractivity contribution in [3.8, 4) is 0 Å². The van der Waals surface area contributed by atoms with Gasteiger partial charge in [-0.1, -0.05) is 32.0 Å². The maximum Gasteiger partial charge on any atom is 0.0702 e. The van der Waals surface area contributed by atoms with Crippen molar-refractivity contribution in [1.82, 2.24) is 0 Å². The minimum Gasteiger partial charge on any atom is -0.392 e. The molecule has 0 aromatic heterocycles. The predicted molar refractivity (Wildman–Crippen MR) is 65.1 cm³/mol. The minimum atomic E-state index is 0.112. The molecule has 0 fully saturated rings. The average Bonchev–Trinajstić information content (AvgIpc) is 2.30. The van der Waals surface area contributed by atoms with E-state index < -0.39 is 0 Å². The molecule has 0 amide bonds. The lowest BCUT2D eigenvalue weighted by atomic mass is 10.1. The van der Waals surface area contributed by atoms with Crippen LogP contribution in [-0.2, 0) is 6.61 Å². The van der Waals surface area contributed by atoms with Crippen LogP contribution in [0.15, 0.2) is 24.3 Å². The lowest BCUT2D eigenvalue weighted by molar-refractivity contribution is 0.282. The molecule has 1 aromatic rings. The van der Waals surface area contributed by atoms with Gasteiger partial charge in [0.1, 0.15) is 0 Å². The van der Waals surface area contributed by atoms with Crippen molar-refractivity contribution in [1.29, 1.82) is 0 Å². The molecule has 1 rings (SSSR count). The molecule has 1 N–H and O–H groups in total. The fraction of sp³-hybridized carbons (Fsp3) is 0.538. The topological polar surface area (TPSA) is 23.5 Å². The Morgan fingerprint density at radius 1 is 1.20 bits per heavy atom. The highest BCUT2D eigenvalue weighted by atomic mass is 16.3. The van der Waals surface area contributed by atoms with Crippen molar-refractivity contribution < 1.29 is 5.11 Å². The number of rotatable bonds is 5. The molecule has 1 aromatic carbocycles. The molecular formula is C13H21NO. The van der Waals surface area contributed by atoms with Crippen molar-refractivity contribution in [3.63, 3.8) is 0 Å². The summed E-state index contributed by atoms with van der Waals surface area (Å²) in [7, 11) is 2.10. The summed E-state index contributed by atoms with van der Waals surface area (Å²) in [6.07, 6.45) is 2.26. The maximum absolute atomic E-state index is 9.27. The molecule has 0 heterocycles. The Kier molecular flexibility index (Phi) is 4.63. The summed E-state index contributed by atoms with van der Waals surface area (Å²) < 4.78 is 0. The quantitative estimate of drug-likeness (QED) is 0.802. The van der Waals surface area contributed by atoms with Crippen LogP contribution in [0, 0.1) is 0 Å². The number of benzene rings is 1. The van der Waals surface area contributed by atoms with E-state index in [4.69, 9.17) is 0 Å². The molecule has 0 saturated heterocycles. The second-order valence-electron chi connectivity index (χ2n) is 3.87. The summed E-state index contributed by atoms with van der Waals surface area (Å²) in [5, 5.41) is 9.27. The highest BCUT2D eigenvalue weighted by Gasteiger charge is 2.13. The standard InChI is InChI=1S/C13H21NO/c1-4-12(5-2)14(3)13-9-7-6-8-11(13)10-15/h6-9,12,15H,4-5,10H2,1-3H3. The number of hydrogen-bond acceptors (Lipinski definition) is 2. The monoisotopic (exact) mass is 207 g/mol. The molecule has 0 unspecified atom stereocenters. The van der Waals surface area contributed by atoms with E-state index in [1.807, 2.05) is 18.2 Å². The molecule has 0 aliphatic rings. The van der Waals surface area contributed by atoms with Gasteiger partial charge in [0.05, 0.1) is 6.61 Å². The minimum absolute atomic E-state index is 0.112. The Labute approximate surface area is 92.5 Å².